The number of fused-ring (bicyclic) bond motifs is 1. The van der Waals surface area contributed by atoms with Crippen molar-refractivity contribution in [2.75, 3.05) is 0 Å². The molecule has 0 amide bonds. The van der Waals surface area contributed by atoms with E-state index < -0.39 is 17.5 Å². The van der Waals surface area contributed by atoms with Gasteiger partial charge in [0.05, 0.1) is 0 Å². The highest BCUT2D eigenvalue weighted by Crippen LogP contribution is 2.24. The van der Waals surface area contributed by atoms with Gasteiger partial charge in [0, 0.05) is 5.39 Å². The second-order valence-corrected chi connectivity index (χ2v) is 3.36. The van der Waals surface area contributed by atoms with Crippen LogP contribution >= 0.6 is 0 Å². The number of halogens is 3. The van der Waals surface area contributed by atoms with Crippen LogP contribution in [0.5, 0.6) is 0 Å². The largest absolute Gasteiger partial charge is 0.296 e. The molecule has 0 atom stereocenters. The lowest BCUT2D eigenvalue weighted by molar-refractivity contribution is 0.111. The standard InChI is InChI=1S/C11H6F3NO/c1-5-2-6(4-16)15-11-7(5)3-8(12)9(13)10(11)14/h2-4H,1H3. The van der Waals surface area contributed by atoms with E-state index in [1.54, 1.807) is 6.92 Å². The van der Waals surface area contributed by atoms with E-state index in [0.717, 1.165) is 6.07 Å². The topological polar surface area (TPSA) is 30.0 Å². The van der Waals surface area contributed by atoms with Gasteiger partial charge in [0.15, 0.2) is 23.7 Å². The van der Waals surface area contributed by atoms with Crippen molar-refractivity contribution in [1.82, 2.24) is 4.98 Å². The molecule has 1 aromatic carbocycles. The highest BCUT2D eigenvalue weighted by atomic mass is 19.2. The van der Waals surface area contributed by atoms with E-state index in [1.807, 2.05) is 0 Å². The van der Waals surface area contributed by atoms with Gasteiger partial charge >= 0.3 is 0 Å². The lowest BCUT2D eigenvalue weighted by Gasteiger charge is -2.05. The molecule has 0 saturated carbocycles. The lowest BCUT2D eigenvalue weighted by atomic mass is 10.1. The second-order valence-electron chi connectivity index (χ2n) is 3.36. The smallest absolute Gasteiger partial charge is 0.196 e. The van der Waals surface area contributed by atoms with Gasteiger partial charge in [-0.3, -0.25) is 4.79 Å². The molecule has 1 aromatic heterocycles. The minimum atomic E-state index is -1.58. The summed E-state index contributed by atoms with van der Waals surface area (Å²) in [6.07, 6.45) is 0.424. The zero-order valence-corrected chi connectivity index (χ0v) is 8.22. The van der Waals surface area contributed by atoms with Crippen LogP contribution in [0, 0.1) is 24.4 Å². The van der Waals surface area contributed by atoms with Crippen LogP contribution in [-0.2, 0) is 0 Å². The number of carbonyl (C=O) groups excluding carboxylic acids is 1. The first-order valence-corrected chi connectivity index (χ1v) is 4.44. The monoisotopic (exact) mass is 225 g/mol. The fourth-order valence-corrected chi connectivity index (χ4v) is 1.52. The maximum atomic E-state index is 13.4. The molecule has 0 saturated heterocycles. The molecule has 0 bridgehead atoms. The Kier molecular flexibility index (Phi) is 2.38. The minimum absolute atomic E-state index is 0.0186. The molecule has 0 aliphatic carbocycles. The van der Waals surface area contributed by atoms with Gasteiger partial charge < -0.3 is 0 Å². The summed E-state index contributed by atoms with van der Waals surface area (Å²) in [7, 11) is 0. The van der Waals surface area contributed by atoms with Crippen LogP contribution in [0.25, 0.3) is 10.9 Å². The summed E-state index contributed by atoms with van der Waals surface area (Å²) >= 11 is 0. The van der Waals surface area contributed by atoms with Gasteiger partial charge in [-0.2, -0.15) is 0 Å². The van der Waals surface area contributed by atoms with E-state index in [1.165, 1.54) is 6.07 Å². The van der Waals surface area contributed by atoms with E-state index in [9.17, 15) is 18.0 Å². The average Bonchev–Trinajstić information content (AvgIpc) is 2.27. The summed E-state index contributed by atoms with van der Waals surface area (Å²) < 4.78 is 39.3. The molecule has 2 rings (SSSR count). The summed E-state index contributed by atoms with van der Waals surface area (Å²) in [4.78, 5) is 14.1. The normalized spacial score (nSPS) is 10.8. The molecule has 16 heavy (non-hydrogen) atoms. The molecule has 2 aromatic rings. The lowest BCUT2D eigenvalue weighted by Crippen LogP contribution is -1.98. The first-order valence-electron chi connectivity index (χ1n) is 4.44. The third-order valence-corrected chi connectivity index (χ3v) is 2.29. The Hall–Kier alpha value is -1.91. The fraction of sp³-hybridized carbons (Fsp3) is 0.0909. The number of aryl methyl sites for hydroxylation is 1. The summed E-state index contributed by atoms with van der Waals surface area (Å²) in [5.41, 5.74) is 0.112. The third kappa shape index (κ3) is 1.44. The first-order chi connectivity index (χ1) is 7.54. The van der Waals surface area contributed by atoms with Crippen molar-refractivity contribution < 1.29 is 18.0 Å². The number of hydrogen-bond donors (Lipinski definition) is 0. The van der Waals surface area contributed by atoms with Crippen LogP contribution in [0.15, 0.2) is 12.1 Å². The molecule has 0 radical (unpaired) electrons. The van der Waals surface area contributed by atoms with Crippen molar-refractivity contribution in [2.45, 2.75) is 6.92 Å². The maximum Gasteiger partial charge on any atom is 0.196 e. The summed E-state index contributed by atoms with van der Waals surface area (Å²) in [6.45, 7) is 1.56. The Labute approximate surface area is 88.7 Å². The van der Waals surface area contributed by atoms with E-state index >= 15 is 0 Å². The maximum absolute atomic E-state index is 13.4. The summed E-state index contributed by atoms with van der Waals surface area (Å²) in [5.74, 6) is -4.22. The quantitative estimate of drug-likeness (QED) is 0.551. The highest BCUT2D eigenvalue weighted by Gasteiger charge is 2.16. The molecule has 82 valence electrons. The summed E-state index contributed by atoms with van der Waals surface area (Å²) in [5, 5.41) is 0.155. The molecule has 0 unspecified atom stereocenters. The molecule has 0 aliphatic heterocycles. The second kappa shape index (κ2) is 3.59. The molecule has 1 heterocycles. The minimum Gasteiger partial charge on any atom is -0.296 e. The molecule has 0 spiro atoms. The van der Waals surface area contributed by atoms with Crippen LogP contribution in [0.4, 0.5) is 13.2 Å². The van der Waals surface area contributed by atoms with Gasteiger partial charge in [0.2, 0.25) is 0 Å². The van der Waals surface area contributed by atoms with Crippen LogP contribution in [-0.4, -0.2) is 11.3 Å². The Morgan fingerprint density at radius 2 is 1.88 bits per heavy atom. The predicted octanol–water partition coefficient (Wildman–Crippen LogP) is 2.77. The Bertz CT molecular complexity index is 596. The molecular formula is C11H6F3NO. The number of benzene rings is 1. The Morgan fingerprint density at radius 1 is 1.19 bits per heavy atom. The molecular weight excluding hydrogens is 219 g/mol. The summed E-state index contributed by atoms with van der Waals surface area (Å²) in [6, 6.07) is 2.25. The molecule has 0 fully saturated rings. The van der Waals surface area contributed by atoms with E-state index in [-0.39, 0.29) is 16.6 Å². The van der Waals surface area contributed by atoms with E-state index in [2.05, 4.69) is 4.98 Å². The van der Waals surface area contributed by atoms with Crippen LogP contribution in [0.1, 0.15) is 16.1 Å². The van der Waals surface area contributed by atoms with Crippen LogP contribution in [0.3, 0.4) is 0 Å². The zero-order valence-electron chi connectivity index (χ0n) is 8.22. The van der Waals surface area contributed by atoms with Crippen molar-refractivity contribution >= 4 is 17.2 Å². The molecule has 2 nitrogen and oxygen atoms in total. The van der Waals surface area contributed by atoms with Gasteiger partial charge in [-0.1, -0.05) is 0 Å². The van der Waals surface area contributed by atoms with Gasteiger partial charge in [-0.05, 0) is 24.6 Å². The van der Waals surface area contributed by atoms with Crippen molar-refractivity contribution in [2.24, 2.45) is 0 Å². The van der Waals surface area contributed by atoms with Crippen molar-refractivity contribution in [3.8, 4) is 0 Å². The number of hydrogen-bond acceptors (Lipinski definition) is 2. The van der Waals surface area contributed by atoms with Gasteiger partial charge in [-0.15, -0.1) is 0 Å². The average molecular weight is 225 g/mol. The molecule has 0 aliphatic rings. The molecule has 5 heteroatoms. The Balaban J connectivity index is 2.96. The zero-order chi connectivity index (χ0) is 11.9. The fourth-order valence-electron chi connectivity index (χ4n) is 1.52. The van der Waals surface area contributed by atoms with Crippen LogP contribution < -0.4 is 0 Å². The number of aromatic nitrogens is 1. The van der Waals surface area contributed by atoms with Crippen LogP contribution in [0.2, 0.25) is 0 Å². The first kappa shape index (κ1) is 10.6. The number of rotatable bonds is 1. The predicted molar refractivity (Wildman–Crippen MR) is 51.7 cm³/mol. The number of carbonyl (C=O) groups is 1. The Morgan fingerprint density at radius 3 is 2.50 bits per heavy atom. The van der Waals surface area contributed by atoms with Crippen molar-refractivity contribution in [1.29, 1.82) is 0 Å². The SMILES string of the molecule is Cc1cc(C=O)nc2c(F)c(F)c(F)cc12. The van der Waals surface area contributed by atoms with Gasteiger partial charge in [-0.25, -0.2) is 18.2 Å². The van der Waals surface area contributed by atoms with Crippen molar-refractivity contribution in [3.05, 3.63) is 40.8 Å². The molecule has 0 N–H and O–H groups in total. The number of nitrogens with zero attached hydrogens (tertiary/aromatic N) is 1. The van der Waals surface area contributed by atoms with Gasteiger partial charge in [0.1, 0.15) is 11.2 Å². The van der Waals surface area contributed by atoms with Gasteiger partial charge in [0.25, 0.3) is 0 Å². The number of pyridine rings is 1. The van der Waals surface area contributed by atoms with E-state index in [4.69, 9.17) is 0 Å². The number of aldehydes is 1. The van der Waals surface area contributed by atoms with E-state index in [0.29, 0.717) is 11.8 Å². The highest BCUT2D eigenvalue weighted by molar-refractivity contribution is 5.86. The van der Waals surface area contributed by atoms with Crippen molar-refractivity contribution in [3.63, 3.8) is 0 Å². The third-order valence-electron chi connectivity index (χ3n) is 2.29.